The van der Waals surface area contributed by atoms with Crippen LogP contribution in [-0.2, 0) is 17.6 Å². The maximum Gasteiger partial charge on any atom is 0.326 e. The molecule has 2 aromatic carbocycles. The second-order valence-corrected chi connectivity index (χ2v) is 15.7. The molecule has 6 heterocycles. The van der Waals surface area contributed by atoms with E-state index >= 15 is 0 Å². The Hall–Kier alpha value is -4.13. The quantitative estimate of drug-likeness (QED) is 0.240. The van der Waals surface area contributed by atoms with E-state index in [-0.39, 0.29) is 23.7 Å². The molecule has 0 spiro atoms. The molecule has 2 aromatic heterocycles. The Balaban J connectivity index is 0.952. The van der Waals surface area contributed by atoms with E-state index in [4.69, 9.17) is 17.3 Å². The summed E-state index contributed by atoms with van der Waals surface area (Å²) in [6.07, 6.45) is 9.01. The average Bonchev–Trinajstić information content (AvgIpc) is 3.59. The third-order valence-electron chi connectivity index (χ3n) is 12.5. The summed E-state index contributed by atoms with van der Waals surface area (Å²) in [4.78, 5) is 57.9. The van der Waals surface area contributed by atoms with Gasteiger partial charge < -0.3 is 30.7 Å². The molecule has 3 amide bonds. The Morgan fingerprint density at radius 2 is 1.67 bits per heavy atom. The first-order valence-corrected chi connectivity index (χ1v) is 19.4. The number of benzene rings is 2. The Labute approximate surface area is 309 Å². The van der Waals surface area contributed by atoms with Crippen molar-refractivity contribution in [3.05, 3.63) is 69.2 Å². The SMILES string of the molecule is CCc1cc(C[C@@H](NC(=O)N2CCC(n3c(=O)[nH]c4c5ccccc5ncc43)CC2)C(=O)N2CCN(C3CC4CCC(C3)N4C)CC2)cc(Cl)c1N. The summed E-state index contributed by atoms with van der Waals surface area (Å²) < 4.78 is 1.79. The number of nitrogens with one attached hydrogen (secondary N) is 2. The fourth-order valence-corrected chi connectivity index (χ4v) is 9.70. The number of carbonyl (C=O) groups excluding carboxylic acids is 2. The number of hydrogen-bond acceptors (Lipinski definition) is 7. The predicted molar refractivity (Wildman–Crippen MR) is 205 cm³/mol. The molecule has 8 rings (SSSR count). The lowest BCUT2D eigenvalue weighted by atomic mass is 9.95. The molecule has 4 aliphatic rings. The number of piperidine rings is 2. The minimum absolute atomic E-state index is 0.0672. The van der Waals surface area contributed by atoms with Gasteiger partial charge in [-0.2, -0.15) is 0 Å². The van der Waals surface area contributed by atoms with Crippen molar-refractivity contribution in [3.63, 3.8) is 0 Å². The van der Waals surface area contributed by atoms with Gasteiger partial charge in [-0.1, -0.05) is 42.8 Å². The second kappa shape index (κ2) is 14.4. The normalized spacial score (nSPS) is 23.8. The van der Waals surface area contributed by atoms with E-state index in [1.54, 1.807) is 15.7 Å². The lowest BCUT2D eigenvalue weighted by Gasteiger charge is -2.45. The van der Waals surface area contributed by atoms with Crippen LogP contribution in [-0.4, -0.2) is 117 Å². The van der Waals surface area contributed by atoms with Gasteiger partial charge in [0.05, 0.1) is 33.5 Å². The van der Waals surface area contributed by atoms with Crippen LogP contribution in [0.4, 0.5) is 10.5 Å². The summed E-state index contributed by atoms with van der Waals surface area (Å²) in [6, 6.07) is 12.4. The van der Waals surface area contributed by atoms with Crippen LogP contribution in [0.2, 0.25) is 5.02 Å². The van der Waals surface area contributed by atoms with Crippen molar-refractivity contribution >= 4 is 51.2 Å². The molecule has 2 unspecified atom stereocenters. The number of aromatic nitrogens is 3. The molecular formula is C39H50ClN9O3. The maximum atomic E-state index is 14.3. The van der Waals surface area contributed by atoms with E-state index in [0.29, 0.717) is 80.7 Å². The molecule has 0 aliphatic carbocycles. The lowest BCUT2D eigenvalue weighted by molar-refractivity contribution is -0.135. The van der Waals surface area contributed by atoms with Gasteiger partial charge in [-0.25, -0.2) is 9.59 Å². The monoisotopic (exact) mass is 727 g/mol. The number of likely N-dealkylation sites (tertiary alicyclic amines) is 1. The predicted octanol–water partition coefficient (Wildman–Crippen LogP) is 4.40. The zero-order chi connectivity index (χ0) is 36.1. The highest BCUT2D eigenvalue weighted by molar-refractivity contribution is 6.33. The van der Waals surface area contributed by atoms with Crippen LogP contribution in [0.1, 0.15) is 62.6 Å². The minimum Gasteiger partial charge on any atom is -0.397 e. The van der Waals surface area contributed by atoms with Crippen LogP contribution < -0.4 is 16.7 Å². The number of hydrogen-bond donors (Lipinski definition) is 3. The van der Waals surface area contributed by atoms with Gasteiger partial charge in [0.25, 0.3) is 0 Å². The Morgan fingerprint density at radius 1 is 0.962 bits per heavy atom. The lowest BCUT2D eigenvalue weighted by Crippen LogP contribution is -2.59. The highest BCUT2D eigenvalue weighted by Gasteiger charge is 2.41. The highest BCUT2D eigenvalue weighted by atomic mass is 35.5. The number of H-pyrrole nitrogens is 1. The summed E-state index contributed by atoms with van der Waals surface area (Å²) in [5, 5.41) is 4.50. The number of carbonyl (C=O) groups is 2. The van der Waals surface area contributed by atoms with Crippen molar-refractivity contribution < 1.29 is 9.59 Å². The van der Waals surface area contributed by atoms with E-state index in [2.05, 4.69) is 32.1 Å². The molecule has 4 fully saturated rings. The standard InChI is InChI=1S/C39H50ClN9O3/c1-3-25-18-24(19-31(40)35(25)41)20-33(37(50)47-16-14-46(15-17-47)29-21-27-8-9-28(22-29)45(27)2)43-38(51)48-12-10-26(11-13-48)49-34-23-42-32-7-5-4-6-30(32)36(34)44-39(49)52/h4-7,18-19,23,26-29,33H,3,8-17,20-22,41H2,1-2H3,(H,43,51)(H,44,52)/t27?,28?,29?,33-/m1/s1. The topological polar surface area (TPSA) is 136 Å². The van der Waals surface area contributed by atoms with Gasteiger partial charge >= 0.3 is 11.7 Å². The van der Waals surface area contributed by atoms with Gasteiger partial charge in [0.1, 0.15) is 6.04 Å². The van der Waals surface area contributed by atoms with Gasteiger partial charge in [-0.15, -0.1) is 0 Å². The molecule has 4 aromatic rings. The van der Waals surface area contributed by atoms with E-state index in [1.165, 1.54) is 25.7 Å². The van der Waals surface area contributed by atoms with Crippen molar-refractivity contribution in [3.8, 4) is 0 Å². The summed E-state index contributed by atoms with van der Waals surface area (Å²) in [5.74, 6) is -0.0672. The molecule has 4 saturated heterocycles. The molecule has 4 N–H and O–H groups in total. The molecule has 4 aliphatic heterocycles. The zero-order valence-corrected chi connectivity index (χ0v) is 30.9. The highest BCUT2D eigenvalue weighted by Crippen LogP contribution is 2.37. The molecule has 3 atom stereocenters. The van der Waals surface area contributed by atoms with E-state index in [0.717, 1.165) is 46.2 Å². The van der Waals surface area contributed by atoms with E-state index in [1.807, 2.05) is 48.2 Å². The first-order valence-electron chi connectivity index (χ1n) is 19.0. The third-order valence-corrected chi connectivity index (χ3v) is 12.8. The number of anilines is 1. The van der Waals surface area contributed by atoms with Gasteiger partial charge in [0.15, 0.2) is 0 Å². The Morgan fingerprint density at radius 3 is 2.38 bits per heavy atom. The number of aromatic amines is 1. The molecule has 12 nitrogen and oxygen atoms in total. The minimum atomic E-state index is -0.754. The number of rotatable bonds is 7. The number of halogens is 1. The number of imidazole rings is 1. The number of piperazine rings is 1. The summed E-state index contributed by atoms with van der Waals surface area (Å²) >= 11 is 6.54. The van der Waals surface area contributed by atoms with Crippen molar-refractivity contribution in [1.29, 1.82) is 0 Å². The summed E-state index contributed by atoms with van der Waals surface area (Å²) in [7, 11) is 2.27. The van der Waals surface area contributed by atoms with Gasteiger partial charge in [-0.3, -0.25) is 19.2 Å². The van der Waals surface area contributed by atoms with Crippen LogP contribution in [0.5, 0.6) is 0 Å². The number of urea groups is 1. The first-order chi connectivity index (χ1) is 25.2. The maximum absolute atomic E-state index is 14.3. The zero-order valence-electron chi connectivity index (χ0n) is 30.2. The van der Waals surface area contributed by atoms with Gasteiger partial charge in [-0.05, 0) is 75.3 Å². The summed E-state index contributed by atoms with van der Waals surface area (Å²) in [6.45, 7) is 5.93. The summed E-state index contributed by atoms with van der Waals surface area (Å²) in [5.41, 5.74) is 10.8. The number of nitrogen functional groups attached to an aromatic ring is 1. The number of pyridine rings is 1. The fraction of sp³-hybridized carbons (Fsp3) is 0.538. The van der Waals surface area contributed by atoms with Crippen LogP contribution in [0.25, 0.3) is 21.9 Å². The van der Waals surface area contributed by atoms with Crippen molar-refractivity contribution in [2.24, 2.45) is 0 Å². The van der Waals surface area contributed by atoms with E-state index < -0.39 is 6.04 Å². The van der Waals surface area contributed by atoms with Crippen LogP contribution >= 0.6 is 11.6 Å². The smallest absolute Gasteiger partial charge is 0.326 e. The van der Waals surface area contributed by atoms with Crippen molar-refractivity contribution in [1.82, 2.24) is 39.5 Å². The third kappa shape index (κ3) is 6.54. The molecule has 0 radical (unpaired) electrons. The number of para-hydroxylation sites is 1. The number of aryl methyl sites for hydroxylation is 1. The van der Waals surface area contributed by atoms with Gasteiger partial charge in [0.2, 0.25) is 5.91 Å². The number of amides is 3. The van der Waals surface area contributed by atoms with Gasteiger partial charge in [0, 0.05) is 75.2 Å². The van der Waals surface area contributed by atoms with E-state index in [9.17, 15) is 14.4 Å². The molecular weight excluding hydrogens is 678 g/mol. The van der Waals surface area contributed by atoms with Crippen LogP contribution in [0.15, 0.2) is 47.4 Å². The number of fused-ring (bicyclic) bond motifs is 5. The fourth-order valence-electron chi connectivity index (χ4n) is 9.44. The number of nitrogens with two attached hydrogens (primary N) is 1. The second-order valence-electron chi connectivity index (χ2n) is 15.3. The van der Waals surface area contributed by atoms with Crippen molar-refractivity contribution in [2.75, 3.05) is 52.0 Å². The van der Waals surface area contributed by atoms with Crippen LogP contribution in [0.3, 0.4) is 0 Å². The Kier molecular flexibility index (Phi) is 9.65. The largest absolute Gasteiger partial charge is 0.397 e. The first kappa shape index (κ1) is 34.9. The molecule has 2 bridgehead atoms. The Bertz CT molecular complexity index is 2020. The van der Waals surface area contributed by atoms with Crippen LogP contribution in [0, 0.1) is 0 Å². The number of nitrogens with zero attached hydrogens (tertiary/aromatic N) is 6. The molecule has 0 saturated carbocycles. The molecule has 52 heavy (non-hydrogen) atoms. The molecule has 13 heteroatoms. The average molecular weight is 728 g/mol. The van der Waals surface area contributed by atoms with Crippen molar-refractivity contribution in [2.45, 2.75) is 88.5 Å². The molecule has 276 valence electrons.